The molecule has 1 rings (SSSR count). The molecule has 0 aromatic carbocycles. The van der Waals surface area contributed by atoms with E-state index in [1.54, 1.807) is 0 Å². The van der Waals surface area contributed by atoms with Crippen LogP contribution in [0.25, 0.3) is 0 Å². The molecule has 12 heavy (non-hydrogen) atoms. The molecule has 0 bridgehead atoms. The van der Waals surface area contributed by atoms with Gasteiger partial charge in [-0.15, -0.1) is 0 Å². The first kappa shape index (κ1) is 9.97. The molecule has 1 aliphatic rings. The second kappa shape index (κ2) is 3.33. The van der Waals surface area contributed by atoms with Gasteiger partial charge < -0.3 is 0 Å². The second-order valence-corrected chi connectivity index (χ2v) is 4.78. The lowest BCUT2D eigenvalue weighted by Gasteiger charge is -2.33. The van der Waals surface area contributed by atoms with Crippen molar-refractivity contribution in [1.29, 1.82) is 0 Å². The lowest BCUT2D eigenvalue weighted by molar-refractivity contribution is 0.163. The summed E-state index contributed by atoms with van der Waals surface area (Å²) in [6.07, 6.45) is 1.20. The van der Waals surface area contributed by atoms with Crippen molar-refractivity contribution in [2.45, 2.75) is 45.3 Å². The molecule has 0 aliphatic carbocycles. The van der Waals surface area contributed by atoms with Crippen LogP contribution < -0.4 is 0 Å². The van der Waals surface area contributed by atoms with E-state index in [1.165, 1.54) is 0 Å². The molecule has 1 fully saturated rings. The lowest BCUT2D eigenvalue weighted by atomic mass is 9.88. The summed E-state index contributed by atoms with van der Waals surface area (Å²) >= 11 is 0. The molecule has 1 unspecified atom stereocenters. The minimum atomic E-state index is -0.612. The molecular formula is C10H20FN. The number of likely N-dealkylation sites (tertiary alicyclic amines) is 1. The molecule has 0 N–H and O–H groups in total. The van der Waals surface area contributed by atoms with Crippen molar-refractivity contribution in [3.05, 3.63) is 0 Å². The monoisotopic (exact) mass is 173 g/mol. The first-order valence-corrected chi connectivity index (χ1v) is 4.79. The summed E-state index contributed by atoms with van der Waals surface area (Å²) < 4.78 is 13.1. The van der Waals surface area contributed by atoms with Crippen molar-refractivity contribution >= 4 is 0 Å². The third-order valence-corrected chi connectivity index (χ3v) is 2.90. The maximum atomic E-state index is 13.1. The Kier molecular flexibility index (Phi) is 2.77. The highest BCUT2D eigenvalue weighted by atomic mass is 19.1. The summed E-state index contributed by atoms with van der Waals surface area (Å²) in [5.41, 5.74) is 0.105. The van der Waals surface area contributed by atoms with Gasteiger partial charge in [-0.1, -0.05) is 13.8 Å². The van der Waals surface area contributed by atoms with Crippen molar-refractivity contribution in [1.82, 2.24) is 4.90 Å². The van der Waals surface area contributed by atoms with Gasteiger partial charge in [-0.3, -0.25) is 4.90 Å². The quantitative estimate of drug-likeness (QED) is 0.620. The molecule has 0 spiro atoms. The van der Waals surface area contributed by atoms with Crippen molar-refractivity contribution in [3.8, 4) is 0 Å². The molecule has 1 heterocycles. The molecule has 2 atom stereocenters. The van der Waals surface area contributed by atoms with E-state index < -0.39 is 6.17 Å². The Morgan fingerprint density at radius 3 is 2.50 bits per heavy atom. The summed E-state index contributed by atoms with van der Waals surface area (Å²) in [5.74, 6) is 0.655. The van der Waals surface area contributed by atoms with Crippen LogP contribution in [0.15, 0.2) is 0 Å². The van der Waals surface area contributed by atoms with Crippen LogP contribution in [-0.2, 0) is 0 Å². The van der Waals surface area contributed by atoms with Gasteiger partial charge in [0.15, 0.2) is 0 Å². The van der Waals surface area contributed by atoms with Crippen LogP contribution >= 0.6 is 0 Å². The van der Waals surface area contributed by atoms with E-state index in [-0.39, 0.29) is 5.54 Å². The standard InChI is InChI=1S/C10H20FN/c1-8(2)5-10(3)6-9(11)7-12(10)4/h8-9H,5-7H2,1-4H3/t9?,10-/m1/s1. The highest BCUT2D eigenvalue weighted by Crippen LogP contribution is 2.34. The van der Waals surface area contributed by atoms with Gasteiger partial charge in [-0.25, -0.2) is 4.39 Å². The Bertz CT molecular complexity index is 158. The first-order chi connectivity index (χ1) is 5.44. The molecule has 1 nitrogen and oxygen atoms in total. The van der Waals surface area contributed by atoms with Crippen molar-refractivity contribution in [2.75, 3.05) is 13.6 Å². The predicted octanol–water partition coefficient (Wildman–Crippen LogP) is 2.46. The third kappa shape index (κ3) is 1.98. The predicted molar refractivity (Wildman–Crippen MR) is 50.0 cm³/mol. The Morgan fingerprint density at radius 1 is 1.58 bits per heavy atom. The first-order valence-electron chi connectivity index (χ1n) is 4.79. The van der Waals surface area contributed by atoms with Crippen molar-refractivity contribution in [2.24, 2.45) is 5.92 Å². The van der Waals surface area contributed by atoms with Crippen LogP contribution in [0.2, 0.25) is 0 Å². The van der Waals surface area contributed by atoms with E-state index in [2.05, 4.69) is 25.7 Å². The lowest BCUT2D eigenvalue weighted by Crippen LogP contribution is -2.39. The molecule has 0 aromatic rings. The highest BCUT2D eigenvalue weighted by Gasteiger charge is 2.39. The molecule has 1 saturated heterocycles. The minimum Gasteiger partial charge on any atom is -0.298 e. The maximum absolute atomic E-state index is 13.1. The fourth-order valence-corrected chi connectivity index (χ4v) is 2.33. The van der Waals surface area contributed by atoms with Gasteiger partial charge in [0.25, 0.3) is 0 Å². The number of hydrogen-bond donors (Lipinski definition) is 0. The van der Waals surface area contributed by atoms with E-state index >= 15 is 0 Å². The Balaban J connectivity index is 2.58. The fourth-order valence-electron chi connectivity index (χ4n) is 2.33. The average molecular weight is 173 g/mol. The molecule has 0 amide bonds. The van der Waals surface area contributed by atoms with Gasteiger partial charge in [0.1, 0.15) is 6.17 Å². The Morgan fingerprint density at radius 2 is 2.17 bits per heavy atom. The van der Waals surface area contributed by atoms with Crippen molar-refractivity contribution in [3.63, 3.8) is 0 Å². The fraction of sp³-hybridized carbons (Fsp3) is 1.00. The van der Waals surface area contributed by atoms with Crippen LogP contribution in [0, 0.1) is 5.92 Å². The van der Waals surface area contributed by atoms with Crippen LogP contribution in [-0.4, -0.2) is 30.2 Å². The molecule has 1 aliphatic heterocycles. The molecule has 2 heteroatoms. The molecule has 0 saturated carbocycles. The van der Waals surface area contributed by atoms with Gasteiger partial charge in [0, 0.05) is 12.1 Å². The topological polar surface area (TPSA) is 3.24 Å². The number of rotatable bonds is 2. The molecule has 0 aromatic heterocycles. The summed E-state index contributed by atoms with van der Waals surface area (Å²) in [5, 5.41) is 0. The normalized spacial score (nSPS) is 38.0. The number of alkyl halides is 1. The number of halogens is 1. The van der Waals surface area contributed by atoms with E-state index in [0.717, 1.165) is 6.42 Å². The summed E-state index contributed by atoms with van der Waals surface area (Å²) in [7, 11) is 2.03. The van der Waals surface area contributed by atoms with Crippen LogP contribution in [0.1, 0.15) is 33.6 Å². The molecular weight excluding hydrogens is 153 g/mol. The summed E-state index contributed by atoms with van der Waals surface area (Å²) in [6, 6.07) is 0. The second-order valence-electron chi connectivity index (χ2n) is 4.78. The van der Waals surface area contributed by atoms with Gasteiger partial charge in [0.05, 0.1) is 0 Å². The smallest absolute Gasteiger partial charge is 0.114 e. The number of nitrogens with zero attached hydrogens (tertiary/aromatic N) is 1. The maximum Gasteiger partial charge on any atom is 0.114 e. The van der Waals surface area contributed by atoms with Gasteiger partial charge in [-0.05, 0) is 32.7 Å². The molecule has 0 radical (unpaired) electrons. The summed E-state index contributed by atoms with van der Waals surface area (Å²) in [4.78, 5) is 2.16. The molecule has 72 valence electrons. The Labute approximate surface area is 74.9 Å². The van der Waals surface area contributed by atoms with Crippen LogP contribution in [0.4, 0.5) is 4.39 Å². The van der Waals surface area contributed by atoms with E-state index in [9.17, 15) is 4.39 Å². The summed E-state index contributed by atoms with van der Waals surface area (Å²) in [6.45, 7) is 7.19. The van der Waals surface area contributed by atoms with E-state index in [1.807, 2.05) is 7.05 Å². The van der Waals surface area contributed by atoms with Crippen molar-refractivity contribution < 1.29 is 4.39 Å². The zero-order valence-electron chi connectivity index (χ0n) is 8.60. The highest BCUT2D eigenvalue weighted by molar-refractivity contribution is 4.95. The zero-order chi connectivity index (χ0) is 9.35. The largest absolute Gasteiger partial charge is 0.298 e. The van der Waals surface area contributed by atoms with Gasteiger partial charge in [0.2, 0.25) is 0 Å². The zero-order valence-corrected chi connectivity index (χ0v) is 8.60. The minimum absolute atomic E-state index is 0.105. The van der Waals surface area contributed by atoms with Gasteiger partial charge in [-0.2, -0.15) is 0 Å². The van der Waals surface area contributed by atoms with Crippen LogP contribution in [0.3, 0.4) is 0 Å². The van der Waals surface area contributed by atoms with Crippen LogP contribution in [0.5, 0.6) is 0 Å². The SMILES string of the molecule is CC(C)C[C@]1(C)CC(F)CN1C. The Hall–Kier alpha value is -0.110. The van der Waals surface area contributed by atoms with Gasteiger partial charge >= 0.3 is 0 Å². The van der Waals surface area contributed by atoms with E-state index in [0.29, 0.717) is 18.9 Å². The number of hydrogen-bond acceptors (Lipinski definition) is 1. The third-order valence-electron chi connectivity index (χ3n) is 2.90. The van der Waals surface area contributed by atoms with E-state index in [4.69, 9.17) is 0 Å². The average Bonchev–Trinajstić information content (AvgIpc) is 2.04.